The number of nitrogens with zero attached hydrogens (tertiary/aromatic N) is 3. The summed E-state index contributed by atoms with van der Waals surface area (Å²) in [6, 6.07) is 12.7. The van der Waals surface area contributed by atoms with Crippen LogP contribution >= 0.6 is 11.8 Å². The van der Waals surface area contributed by atoms with E-state index >= 15 is 0 Å². The second-order valence-corrected chi connectivity index (χ2v) is 8.21. The number of amides is 1. The highest BCUT2D eigenvalue weighted by molar-refractivity contribution is 7.99. The molecule has 5 nitrogen and oxygen atoms in total. The number of fused-ring (bicyclic) bond motifs is 2. The van der Waals surface area contributed by atoms with Crippen LogP contribution in [0.15, 0.2) is 52.4 Å². The van der Waals surface area contributed by atoms with Gasteiger partial charge in [0.15, 0.2) is 5.82 Å². The number of para-hydroxylation sites is 1. The van der Waals surface area contributed by atoms with Gasteiger partial charge in [0.1, 0.15) is 0 Å². The van der Waals surface area contributed by atoms with Crippen molar-refractivity contribution in [2.45, 2.75) is 56.0 Å². The van der Waals surface area contributed by atoms with Crippen molar-refractivity contribution in [1.29, 1.82) is 0 Å². The number of ether oxygens (including phenoxy) is 1. The van der Waals surface area contributed by atoms with Crippen LogP contribution in [0, 0.1) is 0 Å². The van der Waals surface area contributed by atoms with E-state index in [2.05, 4.69) is 37.6 Å². The minimum absolute atomic E-state index is 0.372. The molecule has 1 amide bonds. The van der Waals surface area contributed by atoms with E-state index in [4.69, 9.17) is 4.74 Å². The summed E-state index contributed by atoms with van der Waals surface area (Å²) in [6.07, 6.45) is 2.14. The smallest absolute Gasteiger partial charge is 0.420 e. The average molecular weight is 386 g/mol. The Kier molecular flexibility index (Phi) is 6.39. The van der Waals surface area contributed by atoms with Crippen molar-refractivity contribution in [2.24, 2.45) is 0 Å². The Morgan fingerprint density at radius 1 is 1.11 bits per heavy atom. The topological polar surface area (TPSA) is 45.7 Å². The molecule has 6 heteroatoms. The van der Waals surface area contributed by atoms with Crippen LogP contribution in [-0.4, -0.2) is 41.2 Å². The fourth-order valence-corrected chi connectivity index (χ4v) is 4.39. The lowest BCUT2D eigenvalue weighted by Crippen LogP contribution is -2.38. The van der Waals surface area contributed by atoms with Crippen molar-refractivity contribution < 1.29 is 9.53 Å². The summed E-state index contributed by atoms with van der Waals surface area (Å²) >= 11 is 1.62. The average Bonchev–Trinajstić information content (AvgIpc) is 2.65. The van der Waals surface area contributed by atoms with Crippen LogP contribution in [0.1, 0.15) is 34.1 Å². The Labute approximate surface area is 165 Å². The number of aromatic nitrogens is 1. The summed E-state index contributed by atoms with van der Waals surface area (Å²) in [7, 11) is 0. The monoisotopic (exact) mass is 385 g/mol. The Balaban J connectivity index is 1.68. The number of anilines is 2. The predicted octanol–water partition coefficient (Wildman–Crippen LogP) is 5.33. The van der Waals surface area contributed by atoms with E-state index < -0.39 is 0 Å². The van der Waals surface area contributed by atoms with E-state index in [1.54, 1.807) is 22.9 Å². The quantitative estimate of drug-likeness (QED) is 0.629. The summed E-state index contributed by atoms with van der Waals surface area (Å²) in [6.45, 7) is 10.1. The molecule has 0 saturated carbocycles. The van der Waals surface area contributed by atoms with Gasteiger partial charge < -0.3 is 4.74 Å². The van der Waals surface area contributed by atoms with E-state index in [-0.39, 0.29) is 6.09 Å². The second kappa shape index (κ2) is 8.76. The first-order valence-corrected chi connectivity index (χ1v) is 10.2. The number of rotatable bonds is 6. The normalized spacial score (nSPS) is 13.1. The molecule has 0 radical (unpaired) electrons. The molecular formula is C21H27N3O2S. The van der Waals surface area contributed by atoms with Crippen LogP contribution in [-0.2, 0) is 4.74 Å². The predicted molar refractivity (Wildman–Crippen MR) is 110 cm³/mol. The highest BCUT2D eigenvalue weighted by atomic mass is 32.2. The maximum atomic E-state index is 12.9. The van der Waals surface area contributed by atoms with Crippen molar-refractivity contribution in [2.75, 3.05) is 18.1 Å². The summed E-state index contributed by atoms with van der Waals surface area (Å²) in [5.74, 6) is 0.636. The molecule has 2 heterocycles. The van der Waals surface area contributed by atoms with Crippen LogP contribution in [0.5, 0.6) is 0 Å². The van der Waals surface area contributed by atoms with Gasteiger partial charge in [-0.15, -0.1) is 0 Å². The van der Waals surface area contributed by atoms with E-state index in [0.29, 0.717) is 24.5 Å². The third kappa shape index (κ3) is 4.45. The third-order valence-corrected chi connectivity index (χ3v) is 5.69. The lowest BCUT2D eigenvalue weighted by Gasteiger charge is -2.31. The second-order valence-electron chi connectivity index (χ2n) is 7.12. The molecule has 3 rings (SSSR count). The van der Waals surface area contributed by atoms with Crippen molar-refractivity contribution >= 4 is 29.4 Å². The molecule has 2 aromatic rings. The van der Waals surface area contributed by atoms with Gasteiger partial charge in [0.05, 0.1) is 17.2 Å². The summed E-state index contributed by atoms with van der Waals surface area (Å²) in [5, 5.41) is 0. The molecular weight excluding hydrogens is 358 g/mol. The molecule has 1 aliphatic rings. The Morgan fingerprint density at radius 3 is 2.56 bits per heavy atom. The van der Waals surface area contributed by atoms with Crippen LogP contribution in [0.2, 0.25) is 0 Å². The molecule has 27 heavy (non-hydrogen) atoms. The number of carbonyl (C=O) groups is 1. The van der Waals surface area contributed by atoms with E-state index in [1.807, 2.05) is 36.4 Å². The van der Waals surface area contributed by atoms with Gasteiger partial charge in [-0.05, 0) is 58.4 Å². The van der Waals surface area contributed by atoms with Gasteiger partial charge in [-0.2, -0.15) is 0 Å². The largest absolute Gasteiger partial charge is 0.449 e. The molecule has 144 valence electrons. The number of carbonyl (C=O) groups excluding carboxylic acids is 1. The molecule has 1 aromatic carbocycles. The van der Waals surface area contributed by atoms with Crippen LogP contribution in [0.3, 0.4) is 0 Å². The maximum absolute atomic E-state index is 12.9. The molecule has 0 N–H and O–H groups in total. The lowest BCUT2D eigenvalue weighted by atomic mass is 10.2. The molecule has 0 spiro atoms. The van der Waals surface area contributed by atoms with E-state index in [0.717, 1.165) is 28.4 Å². The first-order chi connectivity index (χ1) is 13.0. The molecule has 0 unspecified atom stereocenters. The molecule has 0 aliphatic carbocycles. The van der Waals surface area contributed by atoms with Crippen LogP contribution in [0.25, 0.3) is 0 Å². The zero-order valence-corrected chi connectivity index (χ0v) is 17.2. The first-order valence-electron chi connectivity index (χ1n) is 9.43. The number of benzene rings is 1. The Bertz CT molecular complexity index is 741. The minimum atomic E-state index is -0.372. The standard InChI is InChI=1S/C21H27N3O2S/c1-15(2)23(16(3)4)13-8-14-26-21(25)24-17-9-5-6-10-18(17)27-19-11-7-12-22-20(19)24/h5-7,9-12,15-16H,8,13-14H2,1-4H3. The van der Waals surface area contributed by atoms with E-state index in [1.165, 1.54) is 0 Å². The first kappa shape index (κ1) is 19.7. The summed E-state index contributed by atoms with van der Waals surface area (Å²) < 4.78 is 5.62. The zero-order valence-electron chi connectivity index (χ0n) is 16.4. The summed E-state index contributed by atoms with van der Waals surface area (Å²) in [5.41, 5.74) is 0.824. The van der Waals surface area contributed by atoms with Crippen molar-refractivity contribution in [3.8, 4) is 0 Å². The van der Waals surface area contributed by atoms with Crippen molar-refractivity contribution in [3.05, 3.63) is 42.6 Å². The number of pyridine rings is 1. The number of hydrogen-bond donors (Lipinski definition) is 0. The molecule has 1 aromatic heterocycles. The van der Waals surface area contributed by atoms with Gasteiger partial charge >= 0.3 is 6.09 Å². The van der Waals surface area contributed by atoms with Gasteiger partial charge in [-0.3, -0.25) is 4.90 Å². The molecule has 0 bridgehead atoms. The summed E-state index contributed by atoms with van der Waals surface area (Å²) in [4.78, 5) is 23.3. The fraction of sp³-hybridized carbons (Fsp3) is 0.429. The third-order valence-electron chi connectivity index (χ3n) is 4.58. The molecule has 0 atom stereocenters. The van der Waals surface area contributed by atoms with Gasteiger partial charge in [0.2, 0.25) is 0 Å². The van der Waals surface area contributed by atoms with Crippen molar-refractivity contribution in [3.63, 3.8) is 0 Å². The van der Waals surface area contributed by atoms with Gasteiger partial charge in [-0.1, -0.05) is 23.9 Å². The molecule has 0 saturated heterocycles. The molecule has 1 aliphatic heterocycles. The highest BCUT2D eigenvalue weighted by Gasteiger charge is 2.30. The Morgan fingerprint density at radius 2 is 1.81 bits per heavy atom. The SMILES string of the molecule is CC(C)N(CCCOC(=O)N1c2ccccc2Sc2cccnc21)C(C)C. The van der Waals surface area contributed by atoms with Gasteiger partial charge in [0, 0.05) is 29.7 Å². The van der Waals surface area contributed by atoms with Gasteiger partial charge in [0.25, 0.3) is 0 Å². The van der Waals surface area contributed by atoms with E-state index in [9.17, 15) is 4.79 Å². The maximum Gasteiger partial charge on any atom is 0.420 e. The zero-order chi connectivity index (χ0) is 19.4. The van der Waals surface area contributed by atoms with Crippen LogP contribution in [0.4, 0.5) is 16.3 Å². The highest BCUT2D eigenvalue weighted by Crippen LogP contribution is 2.46. The van der Waals surface area contributed by atoms with Gasteiger partial charge in [-0.25, -0.2) is 14.7 Å². The molecule has 0 fully saturated rings. The van der Waals surface area contributed by atoms with Crippen molar-refractivity contribution in [1.82, 2.24) is 9.88 Å². The van der Waals surface area contributed by atoms with Crippen LogP contribution < -0.4 is 4.90 Å². The lowest BCUT2D eigenvalue weighted by molar-refractivity contribution is 0.131. The number of hydrogen-bond acceptors (Lipinski definition) is 5. The minimum Gasteiger partial charge on any atom is -0.449 e. The fourth-order valence-electron chi connectivity index (χ4n) is 3.36. The Hall–Kier alpha value is -2.05.